The van der Waals surface area contributed by atoms with Crippen molar-refractivity contribution >= 4 is 28.9 Å². The number of hydrogen-bond donors (Lipinski definition) is 1. The maximum absolute atomic E-state index is 13.5. The molecule has 1 N–H and O–H groups in total. The molecule has 0 atom stereocenters. The van der Waals surface area contributed by atoms with Crippen LogP contribution in [0.15, 0.2) is 54.7 Å². The summed E-state index contributed by atoms with van der Waals surface area (Å²) < 4.78 is 13.2. The predicted molar refractivity (Wildman–Crippen MR) is 127 cm³/mol. The van der Waals surface area contributed by atoms with Crippen molar-refractivity contribution in [3.63, 3.8) is 0 Å². The highest BCUT2D eigenvalue weighted by Crippen LogP contribution is 2.34. The quantitative estimate of drug-likeness (QED) is 0.450. The molecule has 1 aliphatic heterocycles. The predicted octanol–water partition coefficient (Wildman–Crippen LogP) is 6.51. The number of likely N-dealkylation sites (tertiary alicyclic amines) is 1. The number of rotatable bonds is 5. The highest BCUT2D eigenvalue weighted by Gasteiger charge is 2.27. The molecule has 4 rings (SSSR count). The lowest BCUT2D eigenvalue weighted by molar-refractivity contribution is 0.0713. The van der Waals surface area contributed by atoms with Gasteiger partial charge in [0, 0.05) is 30.5 Å². The van der Waals surface area contributed by atoms with Crippen LogP contribution in [0.4, 0.5) is 15.8 Å². The average Bonchev–Trinajstić information content (AvgIpc) is 2.81. The van der Waals surface area contributed by atoms with Crippen molar-refractivity contribution in [3.05, 3.63) is 88.0 Å². The average molecular weight is 452 g/mol. The third-order valence-corrected chi connectivity index (χ3v) is 6.57. The van der Waals surface area contributed by atoms with Gasteiger partial charge in [-0.15, -0.1) is 0 Å². The zero-order valence-electron chi connectivity index (χ0n) is 18.4. The van der Waals surface area contributed by atoms with E-state index >= 15 is 0 Å². The smallest absolute Gasteiger partial charge is 0.257 e. The molecule has 0 unspecified atom stereocenters. The van der Waals surface area contributed by atoms with Crippen molar-refractivity contribution in [2.45, 2.75) is 39.0 Å². The molecule has 0 aliphatic carbocycles. The largest absolute Gasteiger partial charge is 0.354 e. The number of carbonyl (C=O) groups is 1. The highest BCUT2D eigenvalue weighted by atomic mass is 35.5. The third-order valence-electron chi connectivity index (χ3n) is 6.24. The minimum atomic E-state index is -0.225. The van der Waals surface area contributed by atoms with Crippen molar-refractivity contribution < 1.29 is 9.18 Å². The van der Waals surface area contributed by atoms with Gasteiger partial charge < -0.3 is 10.2 Å². The number of pyridine rings is 1. The third kappa shape index (κ3) is 4.63. The molecule has 6 heteroatoms. The number of benzene rings is 2. The molecule has 1 aromatic heterocycles. The lowest BCUT2D eigenvalue weighted by Crippen LogP contribution is -2.38. The number of piperidine rings is 1. The van der Waals surface area contributed by atoms with Gasteiger partial charge in [-0.25, -0.2) is 9.37 Å². The number of aromatic nitrogens is 1. The van der Waals surface area contributed by atoms with E-state index in [1.54, 1.807) is 6.20 Å². The molecule has 1 fully saturated rings. The Hall–Kier alpha value is -2.92. The Kier molecular flexibility index (Phi) is 6.75. The van der Waals surface area contributed by atoms with Crippen molar-refractivity contribution in [2.75, 3.05) is 18.4 Å². The van der Waals surface area contributed by atoms with E-state index in [2.05, 4.69) is 10.3 Å². The Bertz CT molecular complexity index is 1110. The van der Waals surface area contributed by atoms with Crippen LogP contribution in [0, 0.1) is 12.7 Å². The van der Waals surface area contributed by atoms with Crippen molar-refractivity contribution in [2.24, 2.45) is 0 Å². The molecular weight excluding hydrogens is 425 g/mol. The number of nitrogens with zero attached hydrogens (tertiary/aromatic N) is 2. The monoisotopic (exact) mass is 451 g/mol. The van der Waals surface area contributed by atoms with Gasteiger partial charge in [0.05, 0.1) is 11.3 Å². The molecule has 4 nitrogen and oxygen atoms in total. The molecule has 3 aromatic rings. The molecule has 2 heterocycles. The van der Waals surface area contributed by atoms with Crippen LogP contribution in [-0.2, 0) is 6.42 Å². The first kappa shape index (κ1) is 22.3. The summed E-state index contributed by atoms with van der Waals surface area (Å²) in [4.78, 5) is 19.7. The number of hydrogen-bond acceptors (Lipinski definition) is 3. The molecule has 0 bridgehead atoms. The molecule has 1 amide bonds. The fourth-order valence-electron chi connectivity index (χ4n) is 4.33. The Morgan fingerprint density at radius 1 is 1.16 bits per heavy atom. The van der Waals surface area contributed by atoms with Gasteiger partial charge in [0.2, 0.25) is 0 Å². The summed E-state index contributed by atoms with van der Waals surface area (Å²) in [6.45, 7) is 5.33. The first-order valence-electron chi connectivity index (χ1n) is 11.0. The number of anilines is 2. The molecule has 2 aromatic carbocycles. The van der Waals surface area contributed by atoms with Gasteiger partial charge in [-0.2, -0.15) is 0 Å². The number of carbonyl (C=O) groups excluding carboxylic acids is 1. The minimum Gasteiger partial charge on any atom is -0.354 e. The molecular formula is C26H27ClFN3O. The number of halogens is 2. The molecule has 166 valence electrons. The first-order valence-corrected chi connectivity index (χ1v) is 11.4. The Labute approximate surface area is 193 Å². The van der Waals surface area contributed by atoms with Crippen LogP contribution in [-0.4, -0.2) is 28.9 Å². The van der Waals surface area contributed by atoms with E-state index < -0.39 is 0 Å². The van der Waals surface area contributed by atoms with Crippen LogP contribution in [0.2, 0.25) is 5.15 Å². The zero-order valence-corrected chi connectivity index (χ0v) is 19.1. The van der Waals surface area contributed by atoms with Crippen LogP contribution in [0.25, 0.3) is 0 Å². The number of para-hydroxylation sites is 1. The van der Waals surface area contributed by atoms with Crippen LogP contribution in [0.1, 0.15) is 52.7 Å². The molecule has 0 saturated carbocycles. The molecule has 1 saturated heterocycles. The molecule has 1 aliphatic rings. The molecule has 0 spiro atoms. The van der Waals surface area contributed by atoms with E-state index in [4.69, 9.17) is 11.6 Å². The van der Waals surface area contributed by atoms with Crippen LogP contribution in [0.5, 0.6) is 0 Å². The number of aryl methyl sites for hydroxylation is 1. The number of nitrogens with one attached hydrogen (secondary N) is 1. The summed E-state index contributed by atoms with van der Waals surface area (Å²) in [5.74, 6) is 0.0632. The van der Waals surface area contributed by atoms with Gasteiger partial charge in [-0.1, -0.05) is 48.9 Å². The van der Waals surface area contributed by atoms with Crippen LogP contribution < -0.4 is 5.32 Å². The number of amides is 1. The maximum atomic E-state index is 13.5. The fourth-order valence-corrected chi connectivity index (χ4v) is 4.60. The lowest BCUT2D eigenvalue weighted by Gasteiger charge is -2.33. The summed E-state index contributed by atoms with van der Waals surface area (Å²) in [5, 5.41) is 3.87. The van der Waals surface area contributed by atoms with Gasteiger partial charge in [0.25, 0.3) is 5.91 Å². The summed E-state index contributed by atoms with van der Waals surface area (Å²) in [6.07, 6.45) is 3.93. The topological polar surface area (TPSA) is 45.2 Å². The van der Waals surface area contributed by atoms with Crippen molar-refractivity contribution in [1.29, 1.82) is 0 Å². The Morgan fingerprint density at radius 2 is 1.84 bits per heavy atom. The minimum absolute atomic E-state index is 0.0440. The van der Waals surface area contributed by atoms with Gasteiger partial charge in [0.1, 0.15) is 11.0 Å². The van der Waals surface area contributed by atoms with E-state index in [0.29, 0.717) is 36.1 Å². The standard InChI is InChI=1S/C26H27ClFN3O/c1-3-21-24(30-23-7-5-4-6-17(23)2)22(16-29-25(21)27)26(32)31-14-12-19(13-15-31)18-8-10-20(28)11-9-18/h4-11,16,19H,3,12-15H2,1-2H3,(H,29,30). The SMILES string of the molecule is CCc1c(Cl)ncc(C(=O)N2CCC(c3ccc(F)cc3)CC2)c1Nc1ccccc1C. The maximum Gasteiger partial charge on any atom is 0.257 e. The molecule has 32 heavy (non-hydrogen) atoms. The normalized spacial score (nSPS) is 14.4. The second-order valence-corrected chi connectivity index (χ2v) is 8.59. The van der Waals surface area contributed by atoms with E-state index in [0.717, 1.165) is 40.9 Å². The lowest BCUT2D eigenvalue weighted by atomic mass is 9.89. The van der Waals surface area contributed by atoms with E-state index in [1.165, 1.54) is 12.1 Å². The summed E-state index contributed by atoms with van der Waals surface area (Å²) in [5.41, 5.74) is 5.25. The highest BCUT2D eigenvalue weighted by molar-refractivity contribution is 6.30. The molecule has 0 radical (unpaired) electrons. The fraction of sp³-hybridized carbons (Fsp3) is 0.308. The van der Waals surface area contributed by atoms with Crippen LogP contribution in [0.3, 0.4) is 0 Å². The zero-order chi connectivity index (χ0) is 22.7. The second-order valence-electron chi connectivity index (χ2n) is 8.23. The van der Waals surface area contributed by atoms with E-state index in [1.807, 2.05) is 55.1 Å². The summed E-state index contributed by atoms with van der Waals surface area (Å²) in [7, 11) is 0. The Morgan fingerprint density at radius 3 is 2.50 bits per heavy atom. The van der Waals surface area contributed by atoms with Gasteiger partial charge >= 0.3 is 0 Å². The van der Waals surface area contributed by atoms with Crippen molar-refractivity contribution in [1.82, 2.24) is 9.88 Å². The van der Waals surface area contributed by atoms with Gasteiger partial charge in [0.15, 0.2) is 0 Å². The van der Waals surface area contributed by atoms with Gasteiger partial charge in [-0.3, -0.25) is 4.79 Å². The van der Waals surface area contributed by atoms with Crippen molar-refractivity contribution in [3.8, 4) is 0 Å². The summed E-state index contributed by atoms with van der Waals surface area (Å²) >= 11 is 6.39. The summed E-state index contributed by atoms with van der Waals surface area (Å²) in [6, 6.07) is 14.7. The van der Waals surface area contributed by atoms with Gasteiger partial charge in [-0.05, 0) is 61.4 Å². The first-order chi connectivity index (χ1) is 15.5. The van der Waals surface area contributed by atoms with E-state index in [-0.39, 0.29) is 11.7 Å². The Balaban J connectivity index is 1.57. The second kappa shape index (κ2) is 9.70. The van der Waals surface area contributed by atoms with Crippen LogP contribution >= 0.6 is 11.6 Å². The van der Waals surface area contributed by atoms with E-state index in [9.17, 15) is 9.18 Å².